The summed E-state index contributed by atoms with van der Waals surface area (Å²) in [6, 6.07) is 8.05. The van der Waals surface area contributed by atoms with Crippen LogP contribution in [-0.2, 0) is 0 Å². The van der Waals surface area contributed by atoms with Crippen LogP contribution in [0.1, 0.15) is 6.92 Å². The number of hydrogen-bond donors (Lipinski definition) is 1. The average molecular weight is 260 g/mol. The van der Waals surface area contributed by atoms with Crippen LogP contribution in [0.25, 0.3) is 10.9 Å². The van der Waals surface area contributed by atoms with Gasteiger partial charge in [0.1, 0.15) is 5.82 Å². The Hall–Kier alpha value is -1.49. The van der Waals surface area contributed by atoms with Gasteiger partial charge in [0.25, 0.3) is 0 Å². The minimum atomic E-state index is 0.356. The van der Waals surface area contributed by atoms with Crippen molar-refractivity contribution in [2.24, 2.45) is 0 Å². The lowest BCUT2D eigenvalue weighted by molar-refractivity contribution is 0.773. The highest BCUT2D eigenvalue weighted by Crippen LogP contribution is 2.28. The Morgan fingerprint density at radius 3 is 3.00 bits per heavy atom. The molecule has 1 aliphatic rings. The van der Waals surface area contributed by atoms with Gasteiger partial charge in [0.15, 0.2) is 0 Å². The molecule has 1 atom stereocenters. The normalized spacial score (nSPS) is 20.3. The molecule has 18 heavy (non-hydrogen) atoms. The van der Waals surface area contributed by atoms with Crippen molar-refractivity contribution in [1.82, 2.24) is 9.97 Å². The van der Waals surface area contributed by atoms with E-state index in [9.17, 15) is 0 Å². The van der Waals surface area contributed by atoms with E-state index in [1.807, 2.05) is 30.0 Å². The molecule has 0 bridgehead atoms. The number of fused-ring (bicyclic) bond motifs is 1. The van der Waals surface area contributed by atoms with Crippen LogP contribution in [0.4, 0.5) is 11.8 Å². The van der Waals surface area contributed by atoms with E-state index in [0.29, 0.717) is 11.2 Å². The van der Waals surface area contributed by atoms with E-state index in [0.717, 1.165) is 35.6 Å². The predicted molar refractivity (Wildman–Crippen MR) is 78.1 cm³/mol. The van der Waals surface area contributed by atoms with Crippen LogP contribution in [0.2, 0.25) is 0 Å². The molecule has 3 rings (SSSR count). The summed E-state index contributed by atoms with van der Waals surface area (Å²) in [6.45, 7) is 4.30. The zero-order chi connectivity index (χ0) is 12.5. The van der Waals surface area contributed by atoms with Crippen LogP contribution in [0.15, 0.2) is 24.3 Å². The van der Waals surface area contributed by atoms with Gasteiger partial charge in [0.2, 0.25) is 5.95 Å². The highest BCUT2D eigenvalue weighted by Gasteiger charge is 2.20. The number of para-hydroxylation sites is 1. The third kappa shape index (κ3) is 2.10. The summed E-state index contributed by atoms with van der Waals surface area (Å²) in [7, 11) is 0. The van der Waals surface area contributed by atoms with Crippen LogP contribution in [-0.4, -0.2) is 34.1 Å². The highest BCUT2D eigenvalue weighted by atomic mass is 32.2. The lowest BCUT2D eigenvalue weighted by atomic mass is 10.2. The molecule has 1 unspecified atom stereocenters. The second-order valence-electron chi connectivity index (χ2n) is 4.55. The summed E-state index contributed by atoms with van der Waals surface area (Å²) >= 11 is 2.01. The molecule has 0 spiro atoms. The molecule has 4 nitrogen and oxygen atoms in total. The summed E-state index contributed by atoms with van der Waals surface area (Å²) in [5.41, 5.74) is 6.73. The quantitative estimate of drug-likeness (QED) is 0.851. The minimum absolute atomic E-state index is 0.356. The number of nitrogens with two attached hydrogens (primary N) is 1. The fourth-order valence-corrected chi connectivity index (χ4v) is 3.34. The van der Waals surface area contributed by atoms with Crippen molar-refractivity contribution in [2.45, 2.75) is 12.2 Å². The van der Waals surface area contributed by atoms with Crippen LogP contribution in [0.5, 0.6) is 0 Å². The maximum atomic E-state index is 5.81. The van der Waals surface area contributed by atoms with Gasteiger partial charge >= 0.3 is 0 Å². The van der Waals surface area contributed by atoms with Gasteiger partial charge in [-0.05, 0) is 12.1 Å². The van der Waals surface area contributed by atoms with Crippen molar-refractivity contribution in [1.29, 1.82) is 0 Å². The van der Waals surface area contributed by atoms with Crippen LogP contribution in [0, 0.1) is 0 Å². The second-order valence-corrected chi connectivity index (χ2v) is 6.10. The SMILES string of the molecule is CC1CN(c2nc(N)nc3ccccc23)CCS1. The number of nitrogens with zero attached hydrogens (tertiary/aromatic N) is 3. The van der Waals surface area contributed by atoms with Gasteiger partial charge in [-0.1, -0.05) is 19.1 Å². The molecular formula is C13H16N4S. The van der Waals surface area contributed by atoms with E-state index >= 15 is 0 Å². The molecule has 1 fully saturated rings. The van der Waals surface area contributed by atoms with Crippen LogP contribution < -0.4 is 10.6 Å². The average Bonchev–Trinajstić information content (AvgIpc) is 2.37. The molecule has 1 aromatic carbocycles. The summed E-state index contributed by atoms with van der Waals surface area (Å²) in [5.74, 6) is 2.47. The van der Waals surface area contributed by atoms with E-state index in [2.05, 4.69) is 27.9 Å². The summed E-state index contributed by atoms with van der Waals surface area (Å²) < 4.78 is 0. The Kier molecular flexibility index (Phi) is 2.99. The van der Waals surface area contributed by atoms with Gasteiger partial charge in [-0.3, -0.25) is 0 Å². The standard InChI is InChI=1S/C13H16N4S/c1-9-8-17(6-7-18-9)12-10-4-2-3-5-11(10)15-13(14)16-12/h2-5,9H,6-8H2,1H3,(H2,14,15,16). The Labute approximate surface area is 111 Å². The smallest absolute Gasteiger partial charge is 0.222 e. The van der Waals surface area contributed by atoms with Crippen LogP contribution in [0.3, 0.4) is 0 Å². The van der Waals surface area contributed by atoms with Crippen molar-refractivity contribution in [3.05, 3.63) is 24.3 Å². The third-order valence-electron chi connectivity index (χ3n) is 3.14. The number of nitrogen functional groups attached to an aromatic ring is 1. The summed E-state index contributed by atoms with van der Waals surface area (Å²) in [4.78, 5) is 11.0. The van der Waals surface area contributed by atoms with Gasteiger partial charge in [-0.15, -0.1) is 0 Å². The number of aromatic nitrogens is 2. The van der Waals surface area contributed by atoms with E-state index in [1.165, 1.54) is 0 Å². The van der Waals surface area contributed by atoms with Gasteiger partial charge in [0.05, 0.1) is 5.52 Å². The molecule has 0 amide bonds. The Morgan fingerprint density at radius 2 is 2.17 bits per heavy atom. The zero-order valence-electron chi connectivity index (χ0n) is 10.3. The zero-order valence-corrected chi connectivity index (χ0v) is 11.2. The van der Waals surface area contributed by atoms with Crippen LogP contribution >= 0.6 is 11.8 Å². The van der Waals surface area contributed by atoms with Crippen molar-refractivity contribution in [2.75, 3.05) is 29.5 Å². The van der Waals surface area contributed by atoms with Crippen molar-refractivity contribution >= 4 is 34.4 Å². The van der Waals surface area contributed by atoms with E-state index in [-0.39, 0.29) is 0 Å². The highest BCUT2D eigenvalue weighted by molar-refractivity contribution is 8.00. The number of rotatable bonds is 1. The number of anilines is 2. The molecule has 0 aliphatic carbocycles. The van der Waals surface area contributed by atoms with Crippen molar-refractivity contribution < 1.29 is 0 Å². The molecular weight excluding hydrogens is 244 g/mol. The lowest BCUT2D eigenvalue weighted by Crippen LogP contribution is -2.37. The van der Waals surface area contributed by atoms with E-state index in [4.69, 9.17) is 5.73 Å². The monoisotopic (exact) mass is 260 g/mol. The largest absolute Gasteiger partial charge is 0.368 e. The molecule has 2 heterocycles. The molecule has 2 aromatic rings. The summed E-state index contributed by atoms with van der Waals surface area (Å²) in [5, 5.41) is 1.72. The predicted octanol–water partition coefficient (Wildman–Crippen LogP) is 2.15. The molecule has 0 radical (unpaired) electrons. The first kappa shape index (κ1) is 11.6. The molecule has 2 N–H and O–H groups in total. The molecule has 1 aromatic heterocycles. The first-order chi connectivity index (χ1) is 8.74. The Bertz CT molecular complexity index is 572. The maximum Gasteiger partial charge on any atom is 0.222 e. The third-order valence-corrected chi connectivity index (χ3v) is 4.28. The minimum Gasteiger partial charge on any atom is -0.368 e. The summed E-state index contributed by atoms with van der Waals surface area (Å²) in [6.07, 6.45) is 0. The second kappa shape index (κ2) is 4.65. The van der Waals surface area contributed by atoms with E-state index < -0.39 is 0 Å². The number of hydrogen-bond acceptors (Lipinski definition) is 5. The van der Waals surface area contributed by atoms with Gasteiger partial charge < -0.3 is 10.6 Å². The fourth-order valence-electron chi connectivity index (χ4n) is 2.33. The molecule has 5 heteroatoms. The number of benzene rings is 1. The van der Waals surface area contributed by atoms with Gasteiger partial charge in [-0.2, -0.15) is 16.7 Å². The van der Waals surface area contributed by atoms with Gasteiger partial charge in [-0.25, -0.2) is 4.98 Å². The topological polar surface area (TPSA) is 55.0 Å². The Morgan fingerprint density at radius 1 is 1.33 bits per heavy atom. The maximum absolute atomic E-state index is 5.81. The fraction of sp³-hybridized carbons (Fsp3) is 0.385. The molecule has 1 saturated heterocycles. The molecule has 0 saturated carbocycles. The molecule has 1 aliphatic heterocycles. The van der Waals surface area contributed by atoms with E-state index in [1.54, 1.807) is 0 Å². The first-order valence-electron chi connectivity index (χ1n) is 6.13. The molecule has 94 valence electrons. The van der Waals surface area contributed by atoms with Crippen molar-refractivity contribution in [3.63, 3.8) is 0 Å². The lowest BCUT2D eigenvalue weighted by Gasteiger charge is -2.32. The first-order valence-corrected chi connectivity index (χ1v) is 7.18. The Balaban J connectivity index is 2.09. The van der Waals surface area contributed by atoms with Crippen molar-refractivity contribution in [3.8, 4) is 0 Å². The van der Waals surface area contributed by atoms with Gasteiger partial charge in [0, 0.05) is 29.5 Å². The number of thioether (sulfide) groups is 1.